The van der Waals surface area contributed by atoms with Crippen LogP contribution in [0, 0.1) is 6.92 Å². The molecule has 2 aromatic rings. The average molecular weight is 258 g/mol. The largest absolute Gasteiger partial charge is 0.506 e. The van der Waals surface area contributed by atoms with Crippen molar-refractivity contribution in [2.75, 3.05) is 0 Å². The molecule has 2 rings (SSSR count). The SMILES string of the molecule is Cc1ncc(CO)c(C=Nc2ccccc2O)c1O. The van der Waals surface area contributed by atoms with E-state index in [0.717, 1.165) is 0 Å². The number of pyridine rings is 1. The molecule has 0 amide bonds. The van der Waals surface area contributed by atoms with Crippen LogP contribution in [0.5, 0.6) is 11.5 Å². The van der Waals surface area contributed by atoms with Crippen LogP contribution in [-0.4, -0.2) is 26.5 Å². The van der Waals surface area contributed by atoms with Crippen molar-refractivity contribution >= 4 is 11.9 Å². The van der Waals surface area contributed by atoms with Gasteiger partial charge in [0.05, 0.1) is 12.3 Å². The Morgan fingerprint density at radius 2 is 2.00 bits per heavy atom. The van der Waals surface area contributed by atoms with Gasteiger partial charge >= 0.3 is 0 Å². The molecular weight excluding hydrogens is 244 g/mol. The van der Waals surface area contributed by atoms with Gasteiger partial charge in [0.15, 0.2) is 0 Å². The van der Waals surface area contributed by atoms with Crippen LogP contribution in [0.2, 0.25) is 0 Å². The molecule has 0 unspecified atom stereocenters. The first-order valence-corrected chi connectivity index (χ1v) is 5.74. The zero-order chi connectivity index (χ0) is 13.8. The van der Waals surface area contributed by atoms with Gasteiger partial charge in [-0.1, -0.05) is 12.1 Å². The molecule has 1 aromatic carbocycles. The van der Waals surface area contributed by atoms with Crippen LogP contribution >= 0.6 is 0 Å². The first kappa shape index (κ1) is 13.0. The maximum atomic E-state index is 9.93. The van der Waals surface area contributed by atoms with Crippen molar-refractivity contribution in [3.63, 3.8) is 0 Å². The third-order valence-corrected chi connectivity index (χ3v) is 2.74. The van der Waals surface area contributed by atoms with E-state index >= 15 is 0 Å². The van der Waals surface area contributed by atoms with Gasteiger partial charge in [-0.05, 0) is 19.1 Å². The van der Waals surface area contributed by atoms with Crippen molar-refractivity contribution in [1.29, 1.82) is 0 Å². The Bertz CT molecular complexity index is 624. The number of phenolic OH excluding ortho intramolecular Hbond substituents is 1. The molecule has 0 aliphatic heterocycles. The van der Waals surface area contributed by atoms with Crippen molar-refractivity contribution in [2.24, 2.45) is 4.99 Å². The first-order valence-electron chi connectivity index (χ1n) is 5.74. The lowest BCUT2D eigenvalue weighted by atomic mass is 10.1. The molecule has 0 bridgehead atoms. The van der Waals surface area contributed by atoms with Crippen molar-refractivity contribution in [3.8, 4) is 11.5 Å². The zero-order valence-corrected chi connectivity index (χ0v) is 10.4. The molecule has 0 aliphatic carbocycles. The minimum Gasteiger partial charge on any atom is -0.506 e. The van der Waals surface area contributed by atoms with E-state index < -0.39 is 0 Å². The lowest BCUT2D eigenvalue weighted by Crippen LogP contribution is -1.97. The molecule has 0 radical (unpaired) electrons. The number of aryl methyl sites for hydroxylation is 1. The molecule has 19 heavy (non-hydrogen) atoms. The molecule has 98 valence electrons. The minimum absolute atomic E-state index is 0.0225. The van der Waals surface area contributed by atoms with E-state index in [-0.39, 0.29) is 18.1 Å². The first-order chi connectivity index (χ1) is 9.13. The number of hydrogen-bond acceptors (Lipinski definition) is 5. The monoisotopic (exact) mass is 258 g/mol. The summed E-state index contributed by atoms with van der Waals surface area (Å²) in [6.45, 7) is 1.41. The second kappa shape index (κ2) is 5.49. The summed E-state index contributed by atoms with van der Waals surface area (Å²) in [6.07, 6.45) is 2.89. The Hall–Kier alpha value is -2.40. The van der Waals surface area contributed by atoms with Crippen LogP contribution in [0.3, 0.4) is 0 Å². The van der Waals surface area contributed by atoms with E-state index in [4.69, 9.17) is 0 Å². The molecule has 1 heterocycles. The molecule has 0 aliphatic rings. The van der Waals surface area contributed by atoms with E-state index in [1.165, 1.54) is 18.5 Å². The maximum absolute atomic E-state index is 9.93. The number of aromatic hydroxyl groups is 2. The van der Waals surface area contributed by atoms with E-state index in [1.54, 1.807) is 25.1 Å². The molecule has 3 N–H and O–H groups in total. The van der Waals surface area contributed by atoms with Crippen LogP contribution in [0.25, 0.3) is 0 Å². The highest BCUT2D eigenvalue weighted by Crippen LogP contribution is 2.27. The van der Waals surface area contributed by atoms with Gasteiger partial charge in [-0.3, -0.25) is 9.98 Å². The van der Waals surface area contributed by atoms with Gasteiger partial charge in [-0.15, -0.1) is 0 Å². The summed E-state index contributed by atoms with van der Waals surface area (Å²) in [5.41, 5.74) is 1.72. The fourth-order valence-corrected chi connectivity index (χ4v) is 1.63. The summed E-state index contributed by atoms with van der Waals surface area (Å²) in [6, 6.07) is 6.62. The van der Waals surface area contributed by atoms with E-state index in [1.807, 2.05) is 0 Å². The van der Waals surface area contributed by atoms with E-state index in [0.29, 0.717) is 22.5 Å². The van der Waals surface area contributed by atoms with Crippen LogP contribution in [0.4, 0.5) is 5.69 Å². The van der Waals surface area contributed by atoms with Crippen LogP contribution in [0.1, 0.15) is 16.8 Å². The van der Waals surface area contributed by atoms with Gasteiger partial charge in [-0.2, -0.15) is 0 Å². The van der Waals surface area contributed by atoms with Crippen LogP contribution < -0.4 is 0 Å². The summed E-state index contributed by atoms with van der Waals surface area (Å²) in [5.74, 6) is 0.0280. The molecule has 5 heteroatoms. The number of aliphatic imine (C=N–C) groups is 1. The smallest absolute Gasteiger partial charge is 0.145 e. The highest BCUT2D eigenvalue weighted by molar-refractivity contribution is 5.87. The van der Waals surface area contributed by atoms with Crippen LogP contribution in [-0.2, 0) is 6.61 Å². The second-order valence-electron chi connectivity index (χ2n) is 4.04. The fraction of sp³-hybridized carbons (Fsp3) is 0.143. The molecule has 0 saturated heterocycles. The van der Waals surface area contributed by atoms with Crippen molar-refractivity contribution in [3.05, 3.63) is 47.3 Å². The number of phenols is 1. The summed E-state index contributed by atoms with van der Waals surface area (Å²) in [5, 5.41) is 28.8. The maximum Gasteiger partial charge on any atom is 0.145 e. The third-order valence-electron chi connectivity index (χ3n) is 2.74. The number of aliphatic hydroxyl groups excluding tert-OH is 1. The topological polar surface area (TPSA) is 85.9 Å². The zero-order valence-electron chi connectivity index (χ0n) is 10.4. The van der Waals surface area contributed by atoms with Crippen LogP contribution in [0.15, 0.2) is 35.5 Å². The van der Waals surface area contributed by atoms with Crippen molar-refractivity contribution in [1.82, 2.24) is 4.98 Å². The predicted octanol–water partition coefficient (Wildman–Crippen LogP) is 2.04. The molecule has 0 saturated carbocycles. The lowest BCUT2D eigenvalue weighted by molar-refractivity contribution is 0.280. The average Bonchev–Trinajstić information content (AvgIpc) is 2.42. The molecule has 1 aromatic heterocycles. The molecule has 0 atom stereocenters. The summed E-state index contributed by atoms with van der Waals surface area (Å²) in [7, 11) is 0. The molecule has 0 spiro atoms. The lowest BCUT2D eigenvalue weighted by Gasteiger charge is -2.07. The Morgan fingerprint density at radius 1 is 1.26 bits per heavy atom. The van der Waals surface area contributed by atoms with Gasteiger partial charge in [0.25, 0.3) is 0 Å². The number of para-hydroxylation sites is 2. The van der Waals surface area contributed by atoms with Gasteiger partial charge in [0.2, 0.25) is 0 Å². The predicted molar refractivity (Wildman–Crippen MR) is 71.9 cm³/mol. The van der Waals surface area contributed by atoms with E-state index in [2.05, 4.69) is 9.98 Å². The van der Waals surface area contributed by atoms with Crippen molar-refractivity contribution in [2.45, 2.75) is 13.5 Å². The number of benzene rings is 1. The summed E-state index contributed by atoms with van der Waals surface area (Å²) < 4.78 is 0. The normalized spacial score (nSPS) is 11.1. The van der Waals surface area contributed by atoms with Gasteiger partial charge < -0.3 is 15.3 Å². The Balaban J connectivity index is 2.44. The Morgan fingerprint density at radius 3 is 2.68 bits per heavy atom. The van der Waals surface area contributed by atoms with Crippen molar-refractivity contribution < 1.29 is 15.3 Å². The molecule has 0 fully saturated rings. The Labute approximate surface area is 110 Å². The Kier molecular flexibility index (Phi) is 3.77. The minimum atomic E-state index is -0.247. The van der Waals surface area contributed by atoms with Gasteiger partial charge in [0.1, 0.15) is 17.2 Å². The number of aliphatic hydroxyl groups is 1. The number of nitrogens with zero attached hydrogens (tertiary/aromatic N) is 2. The van der Waals surface area contributed by atoms with Gasteiger partial charge in [-0.25, -0.2) is 0 Å². The second-order valence-corrected chi connectivity index (χ2v) is 4.04. The summed E-state index contributed by atoms with van der Waals surface area (Å²) in [4.78, 5) is 8.07. The highest BCUT2D eigenvalue weighted by atomic mass is 16.3. The van der Waals surface area contributed by atoms with E-state index in [9.17, 15) is 15.3 Å². The molecular formula is C14H14N2O3. The molecule has 5 nitrogen and oxygen atoms in total. The number of hydrogen-bond donors (Lipinski definition) is 3. The summed E-state index contributed by atoms with van der Waals surface area (Å²) >= 11 is 0. The highest BCUT2D eigenvalue weighted by Gasteiger charge is 2.09. The third kappa shape index (κ3) is 2.71. The fourth-order valence-electron chi connectivity index (χ4n) is 1.63. The van der Waals surface area contributed by atoms with Gasteiger partial charge in [0, 0.05) is 23.5 Å². The quantitative estimate of drug-likeness (QED) is 0.735. The number of aromatic nitrogens is 1. The standard InChI is InChI=1S/C14H14N2O3/c1-9-14(19)11(10(8-17)6-15-9)7-16-12-4-2-3-5-13(12)18/h2-7,17-19H,8H2,1H3. The number of rotatable bonds is 3.